The summed E-state index contributed by atoms with van der Waals surface area (Å²) < 4.78 is 68.2. The monoisotopic (exact) mass is 422 g/mol. The van der Waals surface area contributed by atoms with Crippen LogP contribution in [0.3, 0.4) is 0 Å². The molecule has 0 saturated heterocycles. The van der Waals surface area contributed by atoms with Crippen molar-refractivity contribution in [2.75, 3.05) is 18.9 Å². The maximum absolute atomic E-state index is 14.6. The maximum atomic E-state index is 14.6. The van der Waals surface area contributed by atoms with Gasteiger partial charge in [-0.05, 0) is 43.2 Å². The summed E-state index contributed by atoms with van der Waals surface area (Å²) >= 11 is 0. The van der Waals surface area contributed by atoms with Crippen molar-refractivity contribution in [1.29, 1.82) is 0 Å². The number of carbonyl (C=O) groups is 1. The van der Waals surface area contributed by atoms with Crippen LogP contribution in [0.1, 0.15) is 28.8 Å². The molecule has 0 atom stereocenters. The number of anilines is 1. The number of halogens is 5. The smallest absolute Gasteiger partial charge is 0.374 e. The molecular weight excluding hydrogens is 403 g/mol. The van der Waals surface area contributed by atoms with E-state index >= 15 is 0 Å². The highest BCUT2D eigenvalue weighted by molar-refractivity contribution is 6.04. The standard InChI is InChI=1S/C22H19F5N2O/c1-29-11-5-4-6-15(22(25,26)27)13-20(29)14-9-10-19(18(24)12-14)28-21(30)16-7-2-3-8-17(16)23/h2-3,6-10,12-13H,4-5,11H2,1H3,(H,28,30)/b15-6-,20-13-. The van der Waals surface area contributed by atoms with E-state index in [0.717, 1.165) is 24.3 Å². The number of allylic oxidation sites excluding steroid dienone is 3. The van der Waals surface area contributed by atoms with Crippen molar-refractivity contribution >= 4 is 17.3 Å². The normalized spacial score (nSPS) is 18.5. The lowest BCUT2D eigenvalue weighted by Crippen LogP contribution is -2.22. The molecule has 30 heavy (non-hydrogen) atoms. The fourth-order valence-electron chi connectivity index (χ4n) is 3.13. The Bertz CT molecular complexity index is 1010. The van der Waals surface area contributed by atoms with Gasteiger partial charge in [0.05, 0.1) is 16.8 Å². The van der Waals surface area contributed by atoms with Crippen molar-refractivity contribution in [1.82, 2.24) is 4.90 Å². The highest BCUT2D eigenvalue weighted by Crippen LogP contribution is 2.33. The Morgan fingerprint density at radius 2 is 1.80 bits per heavy atom. The van der Waals surface area contributed by atoms with Crippen molar-refractivity contribution in [3.8, 4) is 0 Å². The van der Waals surface area contributed by atoms with Crippen LogP contribution in [-0.4, -0.2) is 30.6 Å². The second kappa shape index (κ2) is 8.69. The highest BCUT2D eigenvalue weighted by Gasteiger charge is 2.33. The predicted octanol–water partition coefficient (Wildman–Crippen LogP) is 5.77. The number of nitrogens with one attached hydrogen (secondary N) is 1. The van der Waals surface area contributed by atoms with Gasteiger partial charge in [0, 0.05) is 24.9 Å². The van der Waals surface area contributed by atoms with Crippen molar-refractivity contribution in [3.05, 3.63) is 83.0 Å². The molecule has 0 saturated carbocycles. The van der Waals surface area contributed by atoms with E-state index in [9.17, 15) is 26.7 Å². The minimum absolute atomic E-state index is 0.201. The number of hydrogen-bond donors (Lipinski definition) is 1. The fraction of sp³-hybridized carbons (Fsp3) is 0.227. The molecule has 3 rings (SSSR count). The first kappa shape index (κ1) is 21.5. The Labute approximate surface area is 170 Å². The first-order valence-electron chi connectivity index (χ1n) is 9.23. The van der Waals surface area contributed by atoms with E-state index in [1.54, 1.807) is 11.9 Å². The second-order valence-corrected chi connectivity index (χ2v) is 6.88. The molecule has 0 spiro atoms. The van der Waals surface area contributed by atoms with Crippen molar-refractivity contribution in [2.45, 2.75) is 19.0 Å². The van der Waals surface area contributed by atoms with E-state index in [-0.39, 0.29) is 22.5 Å². The number of carbonyl (C=O) groups excluding carboxylic acids is 1. The van der Waals surface area contributed by atoms with Gasteiger partial charge >= 0.3 is 6.18 Å². The predicted molar refractivity (Wildman–Crippen MR) is 105 cm³/mol. The zero-order valence-corrected chi connectivity index (χ0v) is 16.1. The summed E-state index contributed by atoms with van der Waals surface area (Å²) in [4.78, 5) is 13.8. The van der Waals surface area contributed by atoms with Gasteiger partial charge < -0.3 is 10.2 Å². The van der Waals surface area contributed by atoms with Gasteiger partial charge in [-0.25, -0.2) is 8.78 Å². The summed E-state index contributed by atoms with van der Waals surface area (Å²) in [5, 5.41) is 2.29. The van der Waals surface area contributed by atoms with Gasteiger partial charge in [0.2, 0.25) is 0 Å². The molecule has 0 bridgehead atoms. The average Bonchev–Trinajstić information content (AvgIpc) is 2.66. The van der Waals surface area contributed by atoms with Crippen LogP contribution in [-0.2, 0) is 0 Å². The Hall–Kier alpha value is -3.16. The van der Waals surface area contributed by atoms with Gasteiger partial charge in [-0.15, -0.1) is 0 Å². The van der Waals surface area contributed by atoms with Gasteiger partial charge in [0.1, 0.15) is 11.6 Å². The highest BCUT2D eigenvalue weighted by atomic mass is 19.4. The first-order valence-corrected chi connectivity index (χ1v) is 9.23. The SMILES string of the molecule is CN1CCC/C=C(C(F)(F)F)/C=C\1c1ccc(NC(=O)c2ccccc2F)c(F)c1. The summed E-state index contributed by atoms with van der Waals surface area (Å²) in [5.41, 5.74) is -0.794. The molecule has 0 aliphatic carbocycles. The van der Waals surface area contributed by atoms with Crippen LogP contribution in [0.5, 0.6) is 0 Å². The summed E-state index contributed by atoms with van der Waals surface area (Å²) in [6.45, 7) is 0.501. The van der Waals surface area contributed by atoms with E-state index in [1.807, 2.05) is 0 Å². The van der Waals surface area contributed by atoms with Crippen LogP contribution in [0.2, 0.25) is 0 Å². The molecule has 158 valence electrons. The molecule has 8 heteroatoms. The average molecular weight is 422 g/mol. The van der Waals surface area contributed by atoms with Gasteiger partial charge in [-0.2, -0.15) is 13.2 Å². The quantitative estimate of drug-likeness (QED) is 0.637. The molecule has 0 fully saturated rings. The minimum Gasteiger partial charge on any atom is -0.374 e. The lowest BCUT2D eigenvalue weighted by molar-refractivity contribution is -0.0885. The molecular formula is C22H19F5N2O. The second-order valence-electron chi connectivity index (χ2n) is 6.88. The largest absolute Gasteiger partial charge is 0.416 e. The van der Waals surface area contributed by atoms with E-state index in [1.165, 1.54) is 30.3 Å². The molecule has 0 radical (unpaired) electrons. The Morgan fingerprint density at radius 3 is 2.47 bits per heavy atom. The van der Waals surface area contributed by atoms with Crippen LogP contribution < -0.4 is 5.32 Å². The number of rotatable bonds is 3. The topological polar surface area (TPSA) is 32.3 Å². The molecule has 3 nitrogen and oxygen atoms in total. The van der Waals surface area contributed by atoms with Crippen molar-refractivity contribution in [3.63, 3.8) is 0 Å². The number of alkyl halides is 3. The third-order valence-corrected chi connectivity index (χ3v) is 4.72. The Balaban J connectivity index is 1.91. The van der Waals surface area contributed by atoms with Crippen LogP contribution >= 0.6 is 0 Å². The summed E-state index contributed by atoms with van der Waals surface area (Å²) in [5.74, 6) is -2.42. The van der Waals surface area contributed by atoms with E-state index < -0.39 is 29.3 Å². The van der Waals surface area contributed by atoms with Crippen LogP contribution in [0.15, 0.2) is 60.2 Å². The fourth-order valence-corrected chi connectivity index (χ4v) is 3.13. The molecule has 0 aromatic heterocycles. The Morgan fingerprint density at radius 1 is 1.07 bits per heavy atom. The van der Waals surface area contributed by atoms with E-state index in [4.69, 9.17) is 0 Å². The van der Waals surface area contributed by atoms with E-state index in [0.29, 0.717) is 19.4 Å². The number of hydrogen-bond acceptors (Lipinski definition) is 2. The first-order chi connectivity index (χ1) is 14.2. The number of benzene rings is 2. The molecule has 1 aliphatic rings. The van der Waals surface area contributed by atoms with Crippen molar-refractivity contribution in [2.24, 2.45) is 0 Å². The third-order valence-electron chi connectivity index (χ3n) is 4.72. The molecule has 1 heterocycles. The van der Waals surface area contributed by atoms with Gasteiger partial charge in [-0.3, -0.25) is 4.79 Å². The summed E-state index contributed by atoms with van der Waals surface area (Å²) in [6.07, 6.45) is -1.58. The molecule has 0 unspecified atom stereocenters. The maximum Gasteiger partial charge on any atom is 0.416 e. The summed E-state index contributed by atoms with van der Waals surface area (Å²) in [7, 11) is 1.64. The number of nitrogens with zero attached hydrogens (tertiary/aromatic N) is 1. The minimum atomic E-state index is -4.52. The molecule has 1 amide bonds. The molecule has 2 aromatic carbocycles. The van der Waals surface area contributed by atoms with Gasteiger partial charge in [0.25, 0.3) is 5.91 Å². The van der Waals surface area contributed by atoms with Crippen LogP contribution in [0, 0.1) is 11.6 Å². The summed E-state index contributed by atoms with van der Waals surface area (Å²) in [6, 6.07) is 8.97. The zero-order valence-electron chi connectivity index (χ0n) is 16.1. The van der Waals surface area contributed by atoms with Crippen LogP contribution in [0.4, 0.5) is 27.6 Å². The lowest BCUT2D eigenvalue weighted by atomic mass is 10.0. The Kier molecular flexibility index (Phi) is 6.24. The van der Waals surface area contributed by atoms with Crippen LogP contribution in [0.25, 0.3) is 5.70 Å². The van der Waals surface area contributed by atoms with Gasteiger partial charge in [0.15, 0.2) is 0 Å². The van der Waals surface area contributed by atoms with Crippen molar-refractivity contribution < 1.29 is 26.7 Å². The lowest BCUT2D eigenvalue weighted by Gasteiger charge is -2.26. The molecule has 1 N–H and O–H groups in total. The van der Waals surface area contributed by atoms with Gasteiger partial charge in [-0.1, -0.05) is 24.3 Å². The molecule has 2 aromatic rings. The number of amides is 1. The zero-order chi connectivity index (χ0) is 21.9. The third kappa shape index (κ3) is 4.87. The molecule has 1 aliphatic heterocycles. The van der Waals surface area contributed by atoms with E-state index in [2.05, 4.69) is 5.32 Å².